The molecule has 30 heavy (non-hydrogen) atoms. The molecule has 3 atom stereocenters. The molecule has 1 aromatic rings. The first-order valence-electron chi connectivity index (χ1n) is 10.8. The molecular formula is C22H36FIN4O2. The largest absolute Gasteiger partial charge is 0.381 e. The van der Waals surface area contributed by atoms with Gasteiger partial charge in [-0.25, -0.2) is 4.39 Å². The van der Waals surface area contributed by atoms with Crippen molar-refractivity contribution in [2.24, 2.45) is 10.9 Å². The molecular weight excluding hydrogens is 498 g/mol. The Hall–Kier alpha value is -0.970. The lowest BCUT2D eigenvalue weighted by Crippen LogP contribution is -2.49. The summed E-state index contributed by atoms with van der Waals surface area (Å²) in [6, 6.07) is 5.69. The van der Waals surface area contributed by atoms with Crippen LogP contribution in [0.4, 0.5) is 4.39 Å². The Morgan fingerprint density at radius 2 is 2.03 bits per heavy atom. The van der Waals surface area contributed by atoms with Gasteiger partial charge in [0.2, 0.25) is 0 Å². The van der Waals surface area contributed by atoms with Crippen LogP contribution in [0.3, 0.4) is 0 Å². The van der Waals surface area contributed by atoms with Gasteiger partial charge in [-0.1, -0.05) is 12.1 Å². The van der Waals surface area contributed by atoms with Gasteiger partial charge in [0.1, 0.15) is 5.82 Å². The molecule has 2 heterocycles. The number of hydrogen-bond acceptors (Lipinski definition) is 4. The van der Waals surface area contributed by atoms with Crippen molar-refractivity contribution in [1.82, 2.24) is 15.5 Å². The van der Waals surface area contributed by atoms with E-state index in [-0.39, 0.29) is 35.8 Å². The number of aryl methyl sites for hydroxylation is 1. The number of ether oxygens (including phenoxy) is 2. The fourth-order valence-electron chi connectivity index (χ4n) is 4.00. The quantitative estimate of drug-likeness (QED) is 0.320. The van der Waals surface area contributed by atoms with Crippen LogP contribution in [0.5, 0.6) is 0 Å². The summed E-state index contributed by atoms with van der Waals surface area (Å²) in [6.07, 6.45) is 1.08. The fraction of sp³-hybridized carbons (Fsp3) is 0.682. The summed E-state index contributed by atoms with van der Waals surface area (Å²) in [6.45, 7) is 12.4. The Morgan fingerprint density at radius 3 is 2.67 bits per heavy atom. The number of aliphatic imine (C=N–C) groups is 1. The summed E-state index contributed by atoms with van der Waals surface area (Å²) in [5, 5.41) is 6.76. The molecule has 0 saturated carbocycles. The summed E-state index contributed by atoms with van der Waals surface area (Å²) < 4.78 is 25.1. The zero-order valence-electron chi connectivity index (χ0n) is 18.3. The molecule has 2 saturated heterocycles. The summed E-state index contributed by atoms with van der Waals surface area (Å²) >= 11 is 0. The van der Waals surface area contributed by atoms with Crippen LogP contribution in [0.15, 0.2) is 23.2 Å². The minimum atomic E-state index is -0.174. The van der Waals surface area contributed by atoms with E-state index in [0.717, 1.165) is 64.0 Å². The van der Waals surface area contributed by atoms with E-state index >= 15 is 0 Å². The maximum Gasteiger partial charge on any atom is 0.191 e. The van der Waals surface area contributed by atoms with Crippen LogP contribution in [0.1, 0.15) is 37.4 Å². The predicted molar refractivity (Wildman–Crippen MR) is 129 cm³/mol. The molecule has 6 nitrogen and oxygen atoms in total. The van der Waals surface area contributed by atoms with Gasteiger partial charge in [0, 0.05) is 38.2 Å². The first kappa shape index (κ1) is 25.3. The van der Waals surface area contributed by atoms with E-state index in [1.54, 1.807) is 13.0 Å². The number of benzene rings is 1. The Morgan fingerprint density at radius 1 is 1.27 bits per heavy atom. The van der Waals surface area contributed by atoms with Crippen LogP contribution < -0.4 is 10.6 Å². The number of nitrogens with zero attached hydrogens (tertiary/aromatic N) is 2. The van der Waals surface area contributed by atoms with Gasteiger partial charge in [-0.15, -0.1) is 24.0 Å². The molecule has 2 fully saturated rings. The normalized spacial score (nSPS) is 22.3. The third-order valence-corrected chi connectivity index (χ3v) is 5.85. The molecule has 0 radical (unpaired) electrons. The van der Waals surface area contributed by atoms with Gasteiger partial charge in [0.05, 0.1) is 32.4 Å². The number of guanidine groups is 1. The smallest absolute Gasteiger partial charge is 0.191 e. The number of rotatable bonds is 7. The number of nitrogens with one attached hydrogen (secondary N) is 2. The minimum Gasteiger partial charge on any atom is -0.381 e. The molecule has 8 heteroatoms. The van der Waals surface area contributed by atoms with Gasteiger partial charge in [-0.05, 0) is 44.4 Å². The van der Waals surface area contributed by atoms with Crippen molar-refractivity contribution in [3.05, 3.63) is 35.1 Å². The molecule has 3 rings (SSSR count). The zero-order chi connectivity index (χ0) is 20.6. The Bertz CT molecular complexity index is 679. The first-order valence-corrected chi connectivity index (χ1v) is 10.8. The van der Waals surface area contributed by atoms with E-state index in [9.17, 15) is 4.39 Å². The molecule has 0 bridgehead atoms. The SMILES string of the molecule is CCNC(=NCC(C1CCOC1)N1CCOCC1)NC(C)c1ccc(C)c(F)c1.I. The third-order valence-electron chi connectivity index (χ3n) is 5.85. The van der Waals surface area contributed by atoms with Crippen LogP contribution in [0, 0.1) is 18.7 Å². The van der Waals surface area contributed by atoms with E-state index in [1.807, 2.05) is 19.1 Å². The average molecular weight is 534 g/mol. The lowest BCUT2D eigenvalue weighted by Gasteiger charge is -2.36. The number of hydrogen-bond donors (Lipinski definition) is 2. The summed E-state index contributed by atoms with van der Waals surface area (Å²) in [5.74, 6) is 1.09. The molecule has 0 amide bonds. The van der Waals surface area contributed by atoms with Gasteiger partial charge in [0.25, 0.3) is 0 Å². The van der Waals surface area contributed by atoms with E-state index in [2.05, 4.69) is 22.5 Å². The maximum atomic E-state index is 14.0. The van der Waals surface area contributed by atoms with Crippen molar-refractivity contribution in [3.8, 4) is 0 Å². The lowest BCUT2D eigenvalue weighted by atomic mass is 9.97. The molecule has 170 valence electrons. The second-order valence-electron chi connectivity index (χ2n) is 7.93. The lowest BCUT2D eigenvalue weighted by molar-refractivity contribution is 0.00368. The Labute approximate surface area is 197 Å². The average Bonchev–Trinajstić information content (AvgIpc) is 3.25. The highest BCUT2D eigenvalue weighted by atomic mass is 127. The third kappa shape index (κ3) is 7.03. The minimum absolute atomic E-state index is 0. The second-order valence-corrected chi connectivity index (χ2v) is 7.93. The zero-order valence-corrected chi connectivity index (χ0v) is 20.7. The van der Waals surface area contributed by atoms with Crippen LogP contribution in [0.25, 0.3) is 0 Å². The van der Waals surface area contributed by atoms with Crippen molar-refractivity contribution in [3.63, 3.8) is 0 Å². The molecule has 1 aromatic carbocycles. The van der Waals surface area contributed by atoms with Crippen molar-refractivity contribution in [2.75, 3.05) is 52.6 Å². The predicted octanol–water partition coefficient (Wildman–Crippen LogP) is 3.11. The molecule has 0 aromatic heterocycles. The second kappa shape index (κ2) is 12.8. The fourth-order valence-corrected chi connectivity index (χ4v) is 4.00. The van der Waals surface area contributed by atoms with Crippen LogP contribution in [0.2, 0.25) is 0 Å². The van der Waals surface area contributed by atoms with Gasteiger partial charge < -0.3 is 20.1 Å². The highest BCUT2D eigenvalue weighted by molar-refractivity contribution is 14.0. The molecule has 3 unspecified atom stereocenters. The highest BCUT2D eigenvalue weighted by Gasteiger charge is 2.31. The topological polar surface area (TPSA) is 58.1 Å². The monoisotopic (exact) mass is 534 g/mol. The van der Waals surface area contributed by atoms with Crippen molar-refractivity contribution < 1.29 is 13.9 Å². The van der Waals surface area contributed by atoms with Crippen LogP contribution >= 0.6 is 24.0 Å². The van der Waals surface area contributed by atoms with E-state index < -0.39 is 0 Å². The Kier molecular flexibility index (Phi) is 10.8. The molecule has 2 N–H and O–H groups in total. The van der Waals surface area contributed by atoms with Crippen LogP contribution in [-0.4, -0.2) is 69.5 Å². The number of halogens is 2. The van der Waals surface area contributed by atoms with Crippen molar-refractivity contribution >= 4 is 29.9 Å². The Balaban J connectivity index is 0.00000320. The van der Waals surface area contributed by atoms with Gasteiger partial charge in [-0.2, -0.15) is 0 Å². The van der Waals surface area contributed by atoms with Crippen LogP contribution in [-0.2, 0) is 9.47 Å². The molecule has 0 aliphatic carbocycles. The number of morpholine rings is 1. The first-order chi connectivity index (χ1) is 14.1. The summed E-state index contributed by atoms with van der Waals surface area (Å²) in [5.41, 5.74) is 1.57. The van der Waals surface area contributed by atoms with Gasteiger partial charge in [-0.3, -0.25) is 9.89 Å². The van der Waals surface area contributed by atoms with E-state index in [1.165, 1.54) is 0 Å². The van der Waals surface area contributed by atoms with Crippen molar-refractivity contribution in [2.45, 2.75) is 39.3 Å². The molecule has 0 spiro atoms. The molecule has 2 aliphatic rings. The standard InChI is InChI=1S/C22H35FN4O2.HI/c1-4-24-22(26-17(3)18-6-5-16(2)20(23)13-18)25-14-21(19-7-10-29-15-19)27-8-11-28-12-9-27;/h5-6,13,17,19,21H,4,7-12,14-15H2,1-3H3,(H2,24,25,26);1H. The molecule has 2 aliphatic heterocycles. The summed E-state index contributed by atoms with van der Waals surface area (Å²) in [4.78, 5) is 7.40. The van der Waals surface area contributed by atoms with Gasteiger partial charge >= 0.3 is 0 Å². The summed E-state index contributed by atoms with van der Waals surface area (Å²) in [7, 11) is 0. The van der Waals surface area contributed by atoms with E-state index in [4.69, 9.17) is 14.5 Å². The van der Waals surface area contributed by atoms with Crippen molar-refractivity contribution in [1.29, 1.82) is 0 Å². The highest BCUT2D eigenvalue weighted by Crippen LogP contribution is 2.23. The van der Waals surface area contributed by atoms with Gasteiger partial charge in [0.15, 0.2) is 5.96 Å². The maximum absolute atomic E-state index is 14.0. The van der Waals surface area contributed by atoms with E-state index in [0.29, 0.717) is 24.1 Å².